The lowest BCUT2D eigenvalue weighted by atomic mass is 9.99. The summed E-state index contributed by atoms with van der Waals surface area (Å²) in [5.74, 6) is 0.167. The Kier molecular flexibility index (Phi) is 7.03. The van der Waals surface area contributed by atoms with Crippen molar-refractivity contribution < 1.29 is 19.1 Å². The molecule has 4 nitrogen and oxygen atoms in total. The van der Waals surface area contributed by atoms with Gasteiger partial charge in [-0.1, -0.05) is 19.1 Å². The lowest BCUT2D eigenvalue weighted by molar-refractivity contribution is -0.141. The number of methoxy groups -OCH3 is 1. The predicted molar refractivity (Wildman–Crippen MR) is 89.1 cm³/mol. The molecule has 1 saturated heterocycles. The molecular formula is C19H28O4. The van der Waals surface area contributed by atoms with Gasteiger partial charge in [0.25, 0.3) is 0 Å². The Morgan fingerprint density at radius 3 is 2.74 bits per heavy atom. The molecule has 0 saturated carbocycles. The Bertz CT molecular complexity index is 490. The van der Waals surface area contributed by atoms with Crippen LogP contribution in [0.1, 0.15) is 64.7 Å². The predicted octanol–water partition coefficient (Wildman–Crippen LogP) is 3.89. The number of carbonyl (C=O) groups excluding carboxylic acids is 2. The molecule has 4 heteroatoms. The van der Waals surface area contributed by atoms with E-state index >= 15 is 0 Å². The first kappa shape index (κ1) is 17.9. The molecule has 2 aliphatic rings. The monoisotopic (exact) mass is 320 g/mol. The van der Waals surface area contributed by atoms with Crippen LogP contribution in [0.15, 0.2) is 23.3 Å². The zero-order valence-corrected chi connectivity index (χ0v) is 14.3. The number of unbranched alkanes of at least 4 members (excludes halogenated alkanes) is 1. The first-order valence-corrected chi connectivity index (χ1v) is 8.78. The quantitative estimate of drug-likeness (QED) is 0.367. The topological polar surface area (TPSA) is 52.6 Å². The highest BCUT2D eigenvalue weighted by Crippen LogP contribution is 2.32. The van der Waals surface area contributed by atoms with Crippen LogP contribution in [0.4, 0.5) is 0 Å². The third kappa shape index (κ3) is 5.03. The summed E-state index contributed by atoms with van der Waals surface area (Å²) in [6.45, 7) is 2.09. The fourth-order valence-electron chi connectivity index (χ4n) is 3.41. The van der Waals surface area contributed by atoms with Crippen molar-refractivity contribution >= 4 is 11.8 Å². The van der Waals surface area contributed by atoms with Crippen molar-refractivity contribution in [3.63, 3.8) is 0 Å². The molecule has 1 aliphatic heterocycles. The van der Waals surface area contributed by atoms with E-state index < -0.39 is 0 Å². The lowest BCUT2D eigenvalue weighted by Crippen LogP contribution is -2.11. The Morgan fingerprint density at radius 1 is 1.26 bits per heavy atom. The number of hydrogen-bond donors (Lipinski definition) is 0. The minimum absolute atomic E-state index is 0.0446. The Hall–Kier alpha value is -1.42. The van der Waals surface area contributed by atoms with Gasteiger partial charge < -0.3 is 9.47 Å². The third-order valence-corrected chi connectivity index (χ3v) is 4.68. The highest BCUT2D eigenvalue weighted by atomic mass is 16.5. The molecule has 1 aliphatic carbocycles. The number of ketones is 1. The molecule has 0 unspecified atom stereocenters. The summed E-state index contributed by atoms with van der Waals surface area (Å²) in [6.07, 6.45) is 11.7. The minimum atomic E-state index is -0.0662. The van der Waals surface area contributed by atoms with Crippen LogP contribution in [0.3, 0.4) is 0 Å². The number of esters is 1. The van der Waals surface area contributed by atoms with Crippen molar-refractivity contribution in [1.29, 1.82) is 0 Å². The van der Waals surface area contributed by atoms with Crippen molar-refractivity contribution in [2.24, 2.45) is 0 Å². The number of Topliss-reactive ketones (excluding diaryl/α,β-unsaturated/α-hetero) is 1. The maximum atomic E-state index is 12.2. The van der Waals surface area contributed by atoms with Crippen LogP contribution in [0.2, 0.25) is 0 Å². The van der Waals surface area contributed by atoms with Crippen LogP contribution in [0.25, 0.3) is 0 Å². The summed E-state index contributed by atoms with van der Waals surface area (Å²) in [4.78, 5) is 23.3. The van der Waals surface area contributed by atoms with Gasteiger partial charge in [-0.2, -0.15) is 0 Å². The maximum Gasteiger partial charge on any atom is 0.306 e. The number of cyclic esters (lactones) is 1. The zero-order chi connectivity index (χ0) is 16.7. The average molecular weight is 320 g/mol. The van der Waals surface area contributed by atoms with Crippen LogP contribution in [-0.4, -0.2) is 31.1 Å². The molecule has 1 fully saturated rings. The van der Waals surface area contributed by atoms with Gasteiger partial charge in [-0.25, -0.2) is 0 Å². The molecule has 0 spiro atoms. The summed E-state index contributed by atoms with van der Waals surface area (Å²) in [5.41, 5.74) is 2.13. The second-order valence-corrected chi connectivity index (χ2v) is 6.34. The number of rotatable bonds is 9. The summed E-state index contributed by atoms with van der Waals surface area (Å²) < 4.78 is 10.7. The molecule has 0 bridgehead atoms. The van der Waals surface area contributed by atoms with Crippen LogP contribution >= 0.6 is 0 Å². The van der Waals surface area contributed by atoms with Crippen LogP contribution < -0.4 is 0 Å². The fraction of sp³-hybridized carbons (Fsp3) is 0.684. The van der Waals surface area contributed by atoms with Crippen molar-refractivity contribution in [1.82, 2.24) is 0 Å². The molecule has 0 aromatic carbocycles. The van der Waals surface area contributed by atoms with Crippen molar-refractivity contribution in [3.8, 4) is 0 Å². The second-order valence-electron chi connectivity index (χ2n) is 6.34. The Morgan fingerprint density at radius 2 is 2.09 bits per heavy atom. The van der Waals surface area contributed by atoms with Gasteiger partial charge in [0.2, 0.25) is 0 Å². The van der Waals surface area contributed by atoms with E-state index in [-0.39, 0.29) is 24.0 Å². The molecular weight excluding hydrogens is 292 g/mol. The molecule has 23 heavy (non-hydrogen) atoms. The van der Waals surface area contributed by atoms with Crippen LogP contribution in [0.5, 0.6) is 0 Å². The first-order chi connectivity index (χ1) is 11.2. The summed E-state index contributed by atoms with van der Waals surface area (Å²) in [5, 5.41) is 0. The van der Waals surface area contributed by atoms with Gasteiger partial charge in [-0.05, 0) is 50.5 Å². The fourth-order valence-corrected chi connectivity index (χ4v) is 3.41. The molecule has 2 atom stereocenters. The van der Waals surface area contributed by atoms with E-state index in [2.05, 4.69) is 19.1 Å². The zero-order valence-electron chi connectivity index (χ0n) is 14.3. The summed E-state index contributed by atoms with van der Waals surface area (Å²) in [7, 11) is 1.68. The van der Waals surface area contributed by atoms with E-state index in [4.69, 9.17) is 9.47 Å². The largest absolute Gasteiger partial charge is 0.462 e. The Balaban J connectivity index is 1.86. The first-order valence-electron chi connectivity index (χ1n) is 8.78. The van der Waals surface area contributed by atoms with Crippen molar-refractivity contribution in [3.05, 3.63) is 23.3 Å². The summed E-state index contributed by atoms with van der Waals surface area (Å²) in [6, 6.07) is 0. The van der Waals surface area contributed by atoms with Gasteiger partial charge in [-0.3, -0.25) is 9.59 Å². The SMILES string of the molecule is CC/C=C\CC1=C(CCCC[C@@H]2CCC(=O)O2)[C@H](OC)CC1=O. The van der Waals surface area contributed by atoms with E-state index in [1.165, 1.54) is 5.57 Å². The molecule has 128 valence electrons. The van der Waals surface area contributed by atoms with Gasteiger partial charge in [0.15, 0.2) is 5.78 Å². The molecule has 1 heterocycles. The minimum Gasteiger partial charge on any atom is -0.462 e. The average Bonchev–Trinajstić information content (AvgIpc) is 3.08. The molecule has 0 radical (unpaired) electrons. The van der Waals surface area contributed by atoms with Gasteiger partial charge in [0, 0.05) is 25.5 Å². The smallest absolute Gasteiger partial charge is 0.306 e. The number of carbonyl (C=O) groups is 2. The number of hydrogen-bond acceptors (Lipinski definition) is 4. The highest BCUT2D eigenvalue weighted by molar-refractivity contribution is 5.99. The highest BCUT2D eigenvalue weighted by Gasteiger charge is 2.31. The van der Waals surface area contributed by atoms with E-state index in [1.807, 2.05) is 0 Å². The standard InChI is InChI=1S/C19H28O4/c1-3-4-5-9-15-16(18(22-2)13-17(15)20)10-7-6-8-14-11-12-19(21)23-14/h4-5,14,18H,3,6-13H2,1-2H3/b5-4-/t14-,18-/m1/s1. The van der Waals surface area contributed by atoms with E-state index in [9.17, 15) is 9.59 Å². The van der Waals surface area contributed by atoms with Gasteiger partial charge >= 0.3 is 5.97 Å². The number of allylic oxidation sites excluding steroid dienone is 3. The van der Waals surface area contributed by atoms with Gasteiger partial charge in [0.05, 0.1) is 6.10 Å². The molecule has 0 aromatic heterocycles. The van der Waals surface area contributed by atoms with E-state index in [0.29, 0.717) is 12.8 Å². The second kappa shape index (κ2) is 9.02. The molecule has 2 rings (SSSR count). The van der Waals surface area contributed by atoms with Crippen molar-refractivity contribution in [2.75, 3.05) is 7.11 Å². The molecule has 0 amide bonds. The Labute approximate surface area is 138 Å². The van der Waals surface area contributed by atoms with Crippen molar-refractivity contribution in [2.45, 2.75) is 76.9 Å². The van der Waals surface area contributed by atoms with Crippen LogP contribution in [0, 0.1) is 0 Å². The van der Waals surface area contributed by atoms with Gasteiger partial charge in [0.1, 0.15) is 6.10 Å². The third-order valence-electron chi connectivity index (χ3n) is 4.68. The molecule has 0 aromatic rings. The summed E-state index contributed by atoms with van der Waals surface area (Å²) >= 11 is 0. The maximum absolute atomic E-state index is 12.2. The van der Waals surface area contributed by atoms with E-state index in [0.717, 1.165) is 50.5 Å². The number of ether oxygens (including phenoxy) is 2. The lowest BCUT2D eigenvalue weighted by Gasteiger charge is -2.14. The van der Waals surface area contributed by atoms with Crippen LogP contribution in [-0.2, 0) is 19.1 Å². The van der Waals surface area contributed by atoms with E-state index in [1.54, 1.807) is 7.11 Å². The van der Waals surface area contributed by atoms with Gasteiger partial charge in [-0.15, -0.1) is 0 Å². The normalized spacial score (nSPS) is 25.0. The molecule has 0 N–H and O–H groups in total.